The van der Waals surface area contributed by atoms with Crippen LogP contribution in [0.2, 0.25) is 0 Å². The molecule has 6 nitrogen and oxygen atoms in total. The van der Waals surface area contributed by atoms with Gasteiger partial charge in [0.1, 0.15) is 5.60 Å². The quantitative estimate of drug-likeness (QED) is 0.686. The van der Waals surface area contributed by atoms with Crippen LogP contribution in [-0.4, -0.2) is 28.2 Å². The SMILES string of the molecule is CC(C)(C)OC(=O)Nc1ccccc1C(=O)C(=O)c1cccnc1. The zero-order valence-electron chi connectivity index (χ0n) is 13.7. The van der Waals surface area contributed by atoms with E-state index in [9.17, 15) is 14.4 Å². The van der Waals surface area contributed by atoms with Crippen molar-refractivity contribution in [3.63, 3.8) is 0 Å². The van der Waals surface area contributed by atoms with Gasteiger partial charge in [0.2, 0.25) is 11.6 Å². The minimum absolute atomic E-state index is 0.0946. The van der Waals surface area contributed by atoms with Gasteiger partial charge in [0.25, 0.3) is 0 Å². The topological polar surface area (TPSA) is 85.4 Å². The van der Waals surface area contributed by atoms with Crippen molar-refractivity contribution in [3.8, 4) is 0 Å². The summed E-state index contributed by atoms with van der Waals surface area (Å²) < 4.78 is 5.17. The summed E-state index contributed by atoms with van der Waals surface area (Å²) in [6.07, 6.45) is 2.14. The zero-order chi connectivity index (χ0) is 17.7. The normalized spacial score (nSPS) is 10.8. The van der Waals surface area contributed by atoms with Crippen LogP contribution in [0.25, 0.3) is 0 Å². The van der Waals surface area contributed by atoms with Gasteiger partial charge in [0.15, 0.2) is 0 Å². The largest absolute Gasteiger partial charge is 0.444 e. The van der Waals surface area contributed by atoms with Crippen LogP contribution in [0.4, 0.5) is 10.5 Å². The minimum Gasteiger partial charge on any atom is -0.444 e. The predicted molar refractivity (Wildman–Crippen MR) is 89.2 cm³/mol. The van der Waals surface area contributed by atoms with Crippen molar-refractivity contribution in [2.45, 2.75) is 26.4 Å². The molecule has 1 aromatic carbocycles. The molecule has 1 aromatic heterocycles. The van der Waals surface area contributed by atoms with Crippen molar-refractivity contribution in [2.24, 2.45) is 0 Å². The molecule has 0 spiro atoms. The molecule has 2 aromatic rings. The van der Waals surface area contributed by atoms with E-state index in [0.717, 1.165) is 0 Å². The number of ketones is 2. The van der Waals surface area contributed by atoms with E-state index in [4.69, 9.17) is 4.74 Å². The fourth-order valence-electron chi connectivity index (χ4n) is 1.95. The Kier molecular flexibility index (Phi) is 5.08. The molecular formula is C18H18N2O4. The highest BCUT2D eigenvalue weighted by atomic mass is 16.6. The summed E-state index contributed by atoms with van der Waals surface area (Å²) in [5.41, 5.74) is -0.171. The monoisotopic (exact) mass is 326 g/mol. The summed E-state index contributed by atoms with van der Waals surface area (Å²) >= 11 is 0. The van der Waals surface area contributed by atoms with Gasteiger partial charge in [-0.25, -0.2) is 4.79 Å². The lowest BCUT2D eigenvalue weighted by molar-refractivity contribution is 0.0635. The van der Waals surface area contributed by atoms with Crippen LogP contribution in [0.15, 0.2) is 48.8 Å². The van der Waals surface area contributed by atoms with E-state index >= 15 is 0 Å². The molecule has 0 saturated carbocycles. The van der Waals surface area contributed by atoms with Crippen molar-refractivity contribution < 1.29 is 19.1 Å². The summed E-state index contributed by atoms with van der Waals surface area (Å²) in [5.74, 6) is -1.42. The van der Waals surface area contributed by atoms with E-state index in [1.165, 1.54) is 30.6 Å². The maximum atomic E-state index is 12.5. The summed E-state index contributed by atoms with van der Waals surface area (Å²) in [5, 5.41) is 2.50. The molecular weight excluding hydrogens is 308 g/mol. The second-order valence-electron chi connectivity index (χ2n) is 6.07. The smallest absolute Gasteiger partial charge is 0.412 e. The Labute approximate surface area is 139 Å². The maximum absolute atomic E-state index is 12.5. The fourth-order valence-corrected chi connectivity index (χ4v) is 1.95. The average Bonchev–Trinajstić information content (AvgIpc) is 2.53. The molecule has 0 unspecified atom stereocenters. The van der Waals surface area contributed by atoms with Gasteiger partial charge in [-0.3, -0.25) is 19.9 Å². The van der Waals surface area contributed by atoms with Gasteiger partial charge in [0.05, 0.1) is 5.69 Å². The molecule has 0 fully saturated rings. The van der Waals surface area contributed by atoms with Crippen molar-refractivity contribution in [3.05, 3.63) is 59.9 Å². The Morgan fingerprint density at radius 3 is 2.33 bits per heavy atom. The lowest BCUT2D eigenvalue weighted by atomic mass is 10.0. The van der Waals surface area contributed by atoms with E-state index in [0.29, 0.717) is 0 Å². The van der Waals surface area contributed by atoms with E-state index < -0.39 is 23.3 Å². The number of carbonyl (C=O) groups excluding carboxylic acids is 3. The van der Waals surface area contributed by atoms with E-state index in [-0.39, 0.29) is 16.8 Å². The number of hydrogen-bond acceptors (Lipinski definition) is 5. The highest BCUT2D eigenvalue weighted by Crippen LogP contribution is 2.19. The molecule has 0 saturated heterocycles. The number of ether oxygens (including phenoxy) is 1. The van der Waals surface area contributed by atoms with E-state index in [1.807, 2.05) is 0 Å². The average molecular weight is 326 g/mol. The number of amides is 1. The highest BCUT2D eigenvalue weighted by molar-refractivity contribution is 6.50. The first-order valence-electron chi connectivity index (χ1n) is 7.36. The van der Waals surface area contributed by atoms with Crippen molar-refractivity contribution in [1.82, 2.24) is 4.98 Å². The van der Waals surface area contributed by atoms with Crippen molar-refractivity contribution >= 4 is 23.3 Å². The summed E-state index contributed by atoms with van der Waals surface area (Å²) in [4.78, 5) is 40.5. The molecule has 0 bridgehead atoms. The molecule has 0 aliphatic carbocycles. The number of hydrogen-bond donors (Lipinski definition) is 1. The van der Waals surface area contributed by atoms with Crippen LogP contribution in [-0.2, 0) is 4.74 Å². The third-order valence-corrected chi connectivity index (χ3v) is 2.94. The van der Waals surface area contributed by atoms with Gasteiger partial charge in [0, 0.05) is 23.5 Å². The van der Waals surface area contributed by atoms with Crippen LogP contribution in [0.5, 0.6) is 0 Å². The van der Waals surface area contributed by atoms with Crippen LogP contribution in [0.3, 0.4) is 0 Å². The number of nitrogens with one attached hydrogen (secondary N) is 1. The first-order valence-corrected chi connectivity index (χ1v) is 7.36. The first-order chi connectivity index (χ1) is 11.3. The van der Waals surface area contributed by atoms with E-state index in [1.54, 1.807) is 39.0 Å². The molecule has 0 aliphatic rings. The van der Waals surface area contributed by atoms with Gasteiger partial charge in [-0.2, -0.15) is 0 Å². The molecule has 2 rings (SSSR count). The third kappa shape index (κ3) is 4.49. The number of anilines is 1. The number of para-hydroxylation sites is 1. The number of carbonyl (C=O) groups is 3. The first kappa shape index (κ1) is 17.3. The predicted octanol–water partition coefficient (Wildman–Crippen LogP) is 3.49. The standard InChI is InChI=1S/C18H18N2O4/c1-18(2,3)24-17(23)20-14-9-5-4-8-13(14)16(22)15(21)12-7-6-10-19-11-12/h4-11H,1-3H3,(H,20,23). The molecule has 0 atom stereocenters. The van der Waals surface area contributed by atoms with Crippen LogP contribution in [0, 0.1) is 0 Å². The maximum Gasteiger partial charge on any atom is 0.412 e. The minimum atomic E-state index is -0.727. The number of rotatable bonds is 4. The number of benzene rings is 1. The lowest BCUT2D eigenvalue weighted by Crippen LogP contribution is -2.28. The van der Waals surface area contributed by atoms with Crippen molar-refractivity contribution in [2.75, 3.05) is 5.32 Å². The van der Waals surface area contributed by atoms with Gasteiger partial charge in [-0.05, 0) is 45.0 Å². The Bertz CT molecular complexity index is 764. The molecule has 1 amide bonds. The van der Waals surface area contributed by atoms with Crippen LogP contribution >= 0.6 is 0 Å². The van der Waals surface area contributed by atoms with Gasteiger partial charge in [-0.1, -0.05) is 12.1 Å². The third-order valence-electron chi connectivity index (χ3n) is 2.94. The molecule has 0 radical (unpaired) electrons. The Morgan fingerprint density at radius 2 is 1.71 bits per heavy atom. The number of Topliss-reactive ketones (excluding diaryl/α,β-unsaturated/α-hetero) is 2. The molecule has 0 aliphatic heterocycles. The fraction of sp³-hybridized carbons (Fsp3) is 0.222. The summed E-state index contributed by atoms with van der Waals surface area (Å²) in [7, 11) is 0. The molecule has 24 heavy (non-hydrogen) atoms. The summed E-state index contributed by atoms with van der Waals surface area (Å²) in [6, 6.07) is 9.36. The summed E-state index contributed by atoms with van der Waals surface area (Å²) in [6.45, 7) is 5.20. The van der Waals surface area contributed by atoms with Gasteiger partial charge >= 0.3 is 6.09 Å². The number of nitrogens with zero attached hydrogens (tertiary/aromatic N) is 1. The second kappa shape index (κ2) is 7.04. The molecule has 124 valence electrons. The van der Waals surface area contributed by atoms with Crippen LogP contribution < -0.4 is 5.32 Å². The molecule has 1 N–H and O–H groups in total. The molecule has 6 heteroatoms. The number of pyridine rings is 1. The van der Waals surface area contributed by atoms with E-state index in [2.05, 4.69) is 10.3 Å². The highest BCUT2D eigenvalue weighted by Gasteiger charge is 2.23. The lowest BCUT2D eigenvalue weighted by Gasteiger charge is -2.20. The second-order valence-corrected chi connectivity index (χ2v) is 6.07. The van der Waals surface area contributed by atoms with Crippen molar-refractivity contribution in [1.29, 1.82) is 0 Å². The Balaban J connectivity index is 2.24. The number of aromatic nitrogens is 1. The van der Waals surface area contributed by atoms with Gasteiger partial charge in [-0.15, -0.1) is 0 Å². The Hall–Kier alpha value is -3.02. The Morgan fingerprint density at radius 1 is 1.00 bits per heavy atom. The zero-order valence-corrected chi connectivity index (χ0v) is 13.7. The van der Waals surface area contributed by atoms with Crippen LogP contribution in [0.1, 0.15) is 41.5 Å². The van der Waals surface area contributed by atoms with Gasteiger partial charge < -0.3 is 4.74 Å². The molecule has 1 heterocycles.